The summed E-state index contributed by atoms with van der Waals surface area (Å²) in [6.07, 6.45) is -5.28. The molecule has 0 saturated carbocycles. The Morgan fingerprint density at radius 1 is 0.975 bits per heavy atom. The van der Waals surface area contributed by atoms with Gasteiger partial charge in [-0.25, -0.2) is 9.59 Å². The third kappa shape index (κ3) is 6.20. The molecule has 5 N–H and O–H groups in total. The molecule has 0 unspecified atom stereocenters. The molecule has 1 saturated heterocycles. The van der Waals surface area contributed by atoms with E-state index in [2.05, 4.69) is 0 Å². The van der Waals surface area contributed by atoms with E-state index in [9.17, 15) is 35.1 Å². The van der Waals surface area contributed by atoms with E-state index < -0.39 is 80.1 Å². The van der Waals surface area contributed by atoms with Gasteiger partial charge in [-0.1, -0.05) is 18.2 Å². The van der Waals surface area contributed by atoms with Crippen molar-refractivity contribution in [3.05, 3.63) is 59.4 Å². The van der Waals surface area contributed by atoms with Crippen molar-refractivity contribution in [1.29, 1.82) is 0 Å². The highest BCUT2D eigenvalue weighted by Crippen LogP contribution is 2.44. The lowest BCUT2D eigenvalue weighted by molar-refractivity contribution is -0.340. The molecule has 1 fully saturated rings. The van der Waals surface area contributed by atoms with Crippen LogP contribution in [0.1, 0.15) is 5.56 Å². The lowest BCUT2D eigenvalue weighted by atomic mass is 9.82. The molecule has 1 aromatic carbocycles. The van der Waals surface area contributed by atoms with Crippen molar-refractivity contribution < 1.29 is 63.5 Å². The van der Waals surface area contributed by atoms with Gasteiger partial charge in [0.1, 0.15) is 36.8 Å². The van der Waals surface area contributed by atoms with Gasteiger partial charge in [0.2, 0.25) is 6.29 Å². The first-order chi connectivity index (χ1) is 19.2. The van der Waals surface area contributed by atoms with Crippen LogP contribution in [0.25, 0.3) is 6.08 Å². The van der Waals surface area contributed by atoms with Gasteiger partial charge >= 0.3 is 11.9 Å². The fourth-order valence-electron chi connectivity index (χ4n) is 4.87. The summed E-state index contributed by atoms with van der Waals surface area (Å²) in [5, 5.41) is 51.7. The van der Waals surface area contributed by atoms with Crippen molar-refractivity contribution in [1.82, 2.24) is 0 Å². The maximum Gasteiger partial charge on any atom is 0.337 e. The molecular formula is C27H32O13. The smallest absolute Gasteiger partial charge is 0.337 e. The topological polar surface area (TPSA) is 191 Å². The van der Waals surface area contributed by atoms with Gasteiger partial charge < -0.3 is 54.0 Å². The van der Waals surface area contributed by atoms with Crippen LogP contribution in [0, 0.1) is 11.8 Å². The third-order valence-corrected chi connectivity index (χ3v) is 7.01. The predicted molar refractivity (Wildman–Crippen MR) is 134 cm³/mol. The number of hydrogen-bond acceptors (Lipinski definition) is 13. The van der Waals surface area contributed by atoms with E-state index in [0.717, 1.165) is 6.26 Å². The maximum absolute atomic E-state index is 12.2. The van der Waals surface area contributed by atoms with Crippen molar-refractivity contribution in [2.45, 2.75) is 43.1 Å². The molecule has 13 heteroatoms. The van der Waals surface area contributed by atoms with Crippen LogP contribution < -0.4 is 4.74 Å². The Balaban J connectivity index is 1.42. The Kier molecular flexibility index (Phi) is 9.58. The zero-order valence-corrected chi connectivity index (χ0v) is 21.7. The molecule has 13 nitrogen and oxygen atoms in total. The number of hydrogen-bond donors (Lipinski definition) is 5. The van der Waals surface area contributed by atoms with Crippen LogP contribution in [0.15, 0.2) is 53.8 Å². The third-order valence-electron chi connectivity index (χ3n) is 7.01. The SMILES string of the molecule is COC(=O)C1=CO[C@@H](O[C@@H]2O[C@H](COC(=O)C=Cc3ccc(OC)cc3)[C@@H](O)[C@H](O)[C@H]2O)[C@@H]2C(CO)=C[C@@H](O)[C@H]12. The fraction of sp³-hybridized carbons (Fsp3) is 0.481. The summed E-state index contributed by atoms with van der Waals surface area (Å²) in [5.41, 5.74) is 1.05. The van der Waals surface area contributed by atoms with Gasteiger partial charge in [-0.05, 0) is 29.3 Å². The van der Waals surface area contributed by atoms with Crippen LogP contribution in [-0.4, -0.2) is 108 Å². The summed E-state index contributed by atoms with van der Waals surface area (Å²) in [6.45, 7) is -0.963. The van der Waals surface area contributed by atoms with E-state index in [1.54, 1.807) is 24.3 Å². The van der Waals surface area contributed by atoms with Gasteiger partial charge in [0.25, 0.3) is 0 Å². The molecule has 4 rings (SSSR count). The number of benzene rings is 1. The first-order valence-corrected chi connectivity index (χ1v) is 12.5. The van der Waals surface area contributed by atoms with Gasteiger partial charge in [-0.15, -0.1) is 0 Å². The number of fused-ring (bicyclic) bond motifs is 1. The highest BCUT2D eigenvalue weighted by atomic mass is 16.8. The van der Waals surface area contributed by atoms with Crippen molar-refractivity contribution in [2.75, 3.05) is 27.4 Å². The Morgan fingerprint density at radius 2 is 1.70 bits per heavy atom. The molecule has 0 aromatic heterocycles. The zero-order valence-electron chi connectivity index (χ0n) is 21.7. The Labute approximate surface area is 229 Å². The molecule has 1 aliphatic carbocycles. The van der Waals surface area contributed by atoms with Gasteiger partial charge in [-0.3, -0.25) is 0 Å². The maximum atomic E-state index is 12.2. The van der Waals surface area contributed by atoms with Crippen LogP contribution in [0.3, 0.4) is 0 Å². The van der Waals surface area contributed by atoms with E-state index in [0.29, 0.717) is 16.9 Å². The molecule has 0 spiro atoms. The van der Waals surface area contributed by atoms with Gasteiger partial charge in [-0.2, -0.15) is 0 Å². The Hall–Kier alpha value is -3.30. The van der Waals surface area contributed by atoms with Crippen molar-refractivity contribution in [3.63, 3.8) is 0 Å². The summed E-state index contributed by atoms with van der Waals surface area (Å²) in [5.74, 6) is -2.57. The van der Waals surface area contributed by atoms with Crippen LogP contribution >= 0.6 is 0 Å². The first kappa shape index (κ1) is 29.7. The van der Waals surface area contributed by atoms with Crippen molar-refractivity contribution in [2.24, 2.45) is 11.8 Å². The number of ether oxygens (including phenoxy) is 6. The minimum absolute atomic E-state index is 0.0209. The number of esters is 2. The summed E-state index contributed by atoms with van der Waals surface area (Å²) >= 11 is 0. The predicted octanol–water partition coefficient (Wildman–Crippen LogP) is -0.985. The number of carbonyl (C=O) groups is 2. The quantitative estimate of drug-likeness (QED) is 0.140. The summed E-state index contributed by atoms with van der Waals surface area (Å²) in [6, 6.07) is 6.91. The second-order valence-electron chi connectivity index (χ2n) is 9.40. The first-order valence-electron chi connectivity index (χ1n) is 12.5. The van der Waals surface area contributed by atoms with Crippen molar-refractivity contribution >= 4 is 18.0 Å². The van der Waals surface area contributed by atoms with Crippen molar-refractivity contribution in [3.8, 4) is 5.75 Å². The zero-order chi connectivity index (χ0) is 29.0. The molecule has 3 aliphatic rings. The molecule has 0 radical (unpaired) electrons. The van der Waals surface area contributed by atoms with E-state index in [-0.39, 0.29) is 5.57 Å². The van der Waals surface area contributed by atoms with Gasteiger partial charge in [0, 0.05) is 12.0 Å². The number of aliphatic hydroxyl groups is 5. The molecule has 2 aliphatic heterocycles. The normalized spacial score (nSPS) is 33.4. The molecule has 2 heterocycles. The van der Waals surface area contributed by atoms with Crippen LogP contribution in [0.5, 0.6) is 5.75 Å². The summed E-state index contributed by atoms with van der Waals surface area (Å²) < 4.78 is 32.0. The molecule has 218 valence electrons. The average Bonchev–Trinajstić information content (AvgIpc) is 3.32. The second-order valence-corrected chi connectivity index (χ2v) is 9.40. The highest BCUT2D eigenvalue weighted by Gasteiger charge is 2.52. The number of methoxy groups -OCH3 is 2. The molecule has 40 heavy (non-hydrogen) atoms. The molecule has 0 amide bonds. The number of rotatable bonds is 9. The standard InChI is InChI=1S/C27H32O13/c1-35-15-6-3-13(4-7-15)5-8-19(30)37-12-18-22(31)23(32)24(33)27(39-18)40-26-20-14(10-28)9-17(29)21(20)16(11-38-26)25(34)36-2/h3-9,11,17-18,20-24,26-29,31-33H,10,12H2,1-2H3/t17-,18-,20-,21+,22-,23+,24-,26+,27+/m1/s1. The largest absolute Gasteiger partial charge is 0.497 e. The van der Waals surface area contributed by atoms with E-state index in [1.165, 1.54) is 32.4 Å². The summed E-state index contributed by atoms with van der Waals surface area (Å²) in [4.78, 5) is 24.5. The van der Waals surface area contributed by atoms with E-state index in [1.807, 2.05) is 0 Å². The summed E-state index contributed by atoms with van der Waals surface area (Å²) in [7, 11) is 2.71. The van der Waals surface area contributed by atoms with Gasteiger partial charge in [0.15, 0.2) is 6.29 Å². The number of aliphatic hydroxyl groups excluding tert-OH is 5. The minimum Gasteiger partial charge on any atom is -0.497 e. The second kappa shape index (κ2) is 12.9. The average molecular weight is 565 g/mol. The minimum atomic E-state index is -1.74. The Morgan fingerprint density at radius 3 is 2.35 bits per heavy atom. The fourth-order valence-corrected chi connectivity index (χ4v) is 4.87. The lowest BCUT2D eigenvalue weighted by Gasteiger charge is -2.43. The number of carbonyl (C=O) groups excluding carboxylic acids is 2. The molecule has 9 atom stereocenters. The molecular weight excluding hydrogens is 532 g/mol. The van der Waals surface area contributed by atoms with Crippen LogP contribution in [0.4, 0.5) is 0 Å². The lowest BCUT2D eigenvalue weighted by Crippen LogP contribution is -2.60. The van der Waals surface area contributed by atoms with Crippen LogP contribution in [-0.2, 0) is 33.3 Å². The van der Waals surface area contributed by atoms with Gasteiger partial charge in [0.05, 0.1) is 44.7 Å². The monoisotopic (exact) mass is 564 g/mol. The molecule has 1 aromatic rings. The molecule has 0 bridgehead atoms. The Bertz CT molecular complexity index is 1140. The van der Waals surface area contributed by atoms with E-state index in [4.69, 9.17) is 28.4 Å². The van der Waals surface area contributed by atoms with Crippen LogP contribution in [0.2, 0.25) is 0 Å². The highest BCUT2D eigenvalue weighted by molar-refractivity contribution is 5.89. The van der Waals surface area contributed by atoms with E-state index >= 15 is 0 Å².